The highest BCUT2D eigenvalue weighted by Crippen LogP contribution is 2.44. The summed E-state index contributed by atoms with van der Waals surface area (Å²) in [6.07, 6.45) is 11.3. The van der Waals surface area contributed by atoms with E-state index in [2.05, 4.69) is 154 Å². The summed E-state index contributed by atoms with van der Waals surface area (Å²) >= 11 is 0. The van der Waals surface area contributed by atoms with Crippen molar-refractivity contribution in [2.75, 3.05) is 0 Å². The fourth-order valence-corrected chi connectivity index (χ4v) is 8.41. The summed E-state index contributed by atoms with van der Waals surface area (Å²) in [6, 6.07) is 57.5. The van der Waals surface area contributed by atoms with Crippen LogP contribution in [0, 0.1) is 0 Å². The smallest absolute Gasteiger partial charge is 0.0708 e. The van der Waals surface area contributed by atoms with E-state index in [0.29, 0.717) is 0 Å². The van der Waals surface area contributed by atoms with E-state index in [4.69, 9.17) is 5.73 Å². The Morgan fingerprint density at radius 2 is 0.898 bits per heavy atom. The van der Waals surface area contributed by atoms with Crippen LogP contribution in [0.1, 0.15) is 13.8 Å². The zero-order valence-electron chi connectivity index (χ0n) is 32.9. The van der Waals surface area contributed by atoms with Crippen molar-refractivity contribution in [3.8, 4) is 44.5 Å². The van der Waals surface area contributed by atoms with Crippen molar-refractivity contribution in [2.24, 2.45) is 5.73 Å². The van der Waals surface area contributed by atoms with Gasteiger partial charge in [-0.1, -0.05) is 103 Å². The summed E-state index contributed by atoms with van der Waals surface area (Å²) in [4.78, 5) is 13.8. The Kier molecular flexibility index (Phi) is 9.08. The van der Waals surface area contributed by atoms with Crippen LogP contribution in [0.15, 0.2) is 200 Å². The second-order valence-electron chi connectivity index (χ2n) is 15.1. The van der Waals surface area contributed by atoms with Crippen molar-refractivity contribution < 1.29 is 0 Å². The molecule has 4 nitrogen and oxygen atoms in total. The monoisotopic (exact) mass is 756 g/mol. The molecule has 0 fully saturated rings. The van der Waals surface area contributed by atoms with Crippen molar-refractivity contribution in [2.45, 2.75) is 13.8 Å². The lowest BCUT2D eigenvalue weighted by molar-refractivity contribution is 1.32. The van der Waals surface area contributed by atoms with Crippen LogP contribution >= 0.6 is 0 Å². The largest absolute Gasteiger partial charge is 0.402 e. The number of pyridine rings is 3. The topological polar surface area (TPSA) is 64.7 Å². The second-order valence-corrected chi connectivity index (χ2v) is 15.1. The molecule has 4 heteroatoms. The highest BCUT2D eigenvalue weighted by Gasteiger charge is 2.17. The maximum atomic E-state index is 5.29. The molecule has 2 N–H and O–H groups in total. The van der Waals surface area contributed by atoms with Gasteiger partial charge in [-0.2, -0.15) is 0 Å². The third-order valence-electron chi connectivity index (χ3n) is 11.2. The maximum Gasteiger partial charge on any atom is 0.0708 e. The quantitative estimate of drug-likeness (QED) is 0.140. The van der Waals surface area contributed by atoms with E-state index in [-0.39, 0.29) is 0 Å². The summed E-state index contributed by atoms with van der Waals surface area (Å²) in [5, 5.41) is 11.0. The average molecular weight is 757 g/mol. The third-order valence-corrected chi connectivity index (χ3v) is 11.2. The lowest BCUT2D eigenvalue weighted by Crippen LogP contribution is -1.91. The second kappa shape index (κ2) is 15.0. The van der Waals surface area contributed by atoms with E-state index in [1.54, 1.807) is 0 Å². The SMILES string of the molecule is C/C=C\C=C(/C)N.c1cnc2ccc(-c3cc(-c4ccc5ncccc5c4)cc(-c4ccc5ccc6c(-c7ccc8cccnc8c7)ccc7ccc4c5c76)c3)cc2c1. The molecule has 11 rings (SSSR count). The van der Waals surface area contributed by atoms with Gasteiger partial charge >= 0.3 is 0 Å². The molecule has 0 saturated carbocycles. The van der Waals surface area contributed by atoms with Crippen molar-refractivity contribution >= 4 is 65.0 Å². The number of fused-ring (bicyclic) bond motifs is 3. The summed E-state index contributed by atoms with van der Waals surface area (Å²) in [7, 11) is 0. The molecule has 0 radical (unpaired) electrons. The molecule has 0 bridgehead atoms. The molecule has 11 aromatic rings. The number of aromatic nitrogens is 3. The molecule has 3 heterocycles. The van der Waals surface area contributed by atoms with E-state index >= 15 is 0 Å². The summed E-state index contributed by atoms with van der Waals surface area (Å²) in [5.41, 5.74) is 18.6. The van der Waals surface area contributed by atoms with E-state index < -0.39 is 0 Å². The van der Waals surface area contributed by atoms with Crippen LogP contribution in [-0.4, -0.2) is 15.0 Å². The minimum absolute atomic E-state index is 0.845. The Hall–Kier alpha value is -7.69. The number of nitrogens with zero attached hydrogens (tertiary/aromatic N) is 3. The number of benzene rings is 8. The number of rotatable bonds is 5. The molecule has 280 valence electrons. The first-order valence-electron chi connectivity index (χ1n) is 20.0. The normalized spacial score (nSPS) is 12.0. The number of hydrogen-bond donors (Lipinski definition) is 1. The molecule has 0 saturated heterocycles. The molecule has 0 aliphatic carbocycles. The number of hydrogen-bond acceptors (Lipinski definition) is 4. The Morgan fingerprint density at radius 3 is 1.44 bits per heavy atom. The van der Waals surface area contributed by atoms with Gasteiger partial charge in [-0.05, 0) is 163 Å². The molecule has 3 aromatic heterocycles. The Morgan fingerprint density at radius 1 is 0.424 bits per heavy atom. The Balaban J connectivity index is 0.000000555. The van der Waals surface area contributed by atoms with Crippen LogP contribution in [0.4, 0.5) is 0 Å². The van der Waals surface area contributed by atoms with E-state index in [1.807, 2.05) is 68.9 Å². The first-order chi connectivity index (χ1) is 29.0. The Labute approximate surface area is 343 Å². The lowest BCUT2D eigenvalue weighted by atomic mass is 9.86. The highest BCUT2D eigenvalue weighted by molar-refractivity contribution is 6.27. The van der Waals surface area contributed by atoms with Gasteiger partial charge in [0.25, 0.3) is 0 Å². The zero-order valence-corrected chi connectivity index (χ0v) is 32.9. The molecule has 0 aliphatic heterocycles. The van der Waals surface area contributed by atoms with Crippen molar-refractivity contribution in [1.29, 1.82) is 0 Å². The zero-order chi connectivity index (χ0) is 39.9. The molecule has 0 amide bonds. The van der Waals surface area contributed by atoms with Gasteiger partial charge in [0.15, 0.2) is 0 Å². The van der Waals surface area contributed by atoms with Gasteiger partial charge in [-0.15, -0.1) is 0 Å². The minimum Gasteiger partial charge on any atom is -0.402 e. The lowest BCUT2D eigenvalue weighted by Gasteiger charge is -2.18. The molecular formula is C55H40N4. The molecule has 0 spiro atoms. The first kappa shape index (κ1) is 35.7. The highest BCUT2D eigenvalue weighted by atomic mass is 14.6. The molecule has 0 unspecified atom stereocenters. The van der Waals surface area contributed by atoms with Crippen LogP contribution in [-0.2, 0) is 0 Å². The minimum atomic E-state index is 0.845. The van der Waals surface area contributed by atoms with Gasteiger partial charge in [-0.25, -0.2) is 0 Å². The van der Waals surface area contributed by atoms with Crippen molar-refractivity contribution in [1.82, 2.24) is 15.0 Å². The average Bonchev–Trinajstić information content (AvgIpc) is 3.29. The van der Waals surface area contributed by atoms with Crippen molar-refractivity contribution in [3.05, 3.63) is 200 Å². The Bertz CT molecular complexity index is 3330. The van der Waals surface area contributed by atoms with Gasteiger partial charge in [0.2, 0.25) is 0 Å². The predicted molar refractivity (Wildman–Crippen MR) is 251 cm³/mol. The van der Waals surface area contributed by atoms with Crippen LogP contribution < -0.4 is 5.73 Å². The van der Waals surface area contributed by atoms with Crippen LogP contribution in [0.5, 0.6) is 0 Å². The molecule has 8 aromatic carbocycles. The molecule has 0 atom stereocenters. The van der Waals surface area contributed by atoms with Crippen LogP contribution in [0.25, 0.3) is 110 Å². The molecule has 59 heavy (non-hydrogen) atoms. The maximum absolute atomic E-state index is 5.29. The van der Waals surface area contributed by atoms with E-state index in [1.165, 1.54) is 76.8 Å². The summed E-state index contributed by atoms with van der Waals surface area (Å²) in [6.45, 7) is 3.82. The van der Waals surface area contributed by atoms with Crippen LogP contribution in [0.2, 0.25) is 0 Å². The number of nitrogens with two attached hydrogens (primary N) is 1. The standard InChI is InChI=1S/C49H29N3.C6H11N/c1-4-30-7-8-35(29-47(30)52-23-1)41-15-9-31-12-18-44-42(16-10-32-11-17-43(41)48(31)49(32)44)40-27-38(33-13-19-45-36(24-33)5-2-21-50-45)26-39(28-40)34-14-20-46-37(25-34)6-3-22-51-46;1-3-4-5-6(2)7/h1-29H;3-5H,7H2,1-2H3/b;4-3-,6-5+. The molecular weight excluding hydrogens is 717 g/mol. The predicted octanol–water partition coefficient (Wildman–Crippen LogP) is 14.3. The van der Waals surface area contributed by atoms with Crippen LogP contribution in [0.3, 0.4) is 0 Å². The summed E-state index contributed by atoms with van der Waals surface area (Å²) in [5.74, 6) is 0. The fourth-order valence-electron chi connectivity index (χ4n) is 8.41. The molecule has 0 aliphatic rings. The van der Waals surface area contributed by atoms with Gasteiger partial charge in [0.05, 0.1) is 16.6 Å². The van der Waals surface area contributed by atoms with E-state index in [0.717, 1.165) is 38.4 Å². The van der Waals surface area contributed by atoms with Crippen molar-refractivity contribution in [3.63, 3.8) is 0 Å². The fraction of sp³-hybridized carbons (Fsp3) is 0.0364. The van der Waals surface area contributed by atoms with Gasteiger partial charge in [0.1, 0.15) is 0 Å². The van der Waals surface area contributed by atoms with Gasteiger partial charge in [0, 0.05) is 40.4 Å². The third kappa shape index (κ3) is 6.71. The van der Waals surface area contributed by atoms with Gasteiger partial charge < -0.3 is 5.73 Å². The van der Waals surface area contributed by atoms with Gasteiger partial charge in [-0.3, -0.25) is 15.0 Å². The first-order valence-corrected chi connectivity index (χ1v) is 20.0. The number of allylic oxidation sites excluding steroid dienone is 4. The summed E-state index contributed by atoms with van der Waals surface area (Å²) < 4.78 is 0. The van der Waals surface area contributed by atoms with E-state index in [9.17, 15) is 0 Å².